The number of Topliss-reactive ketones (excluding diaryl/α,β-unsaturated/α-hetero) is 1. The summed E-state index contributed by atoms with van der Waals surface area (Å²) in [5, 5.41) is 18.2. The summed E-state index contributed by atoms with van der Waals surface area (Å²) in [6, 6.07) is 10.3. The normalized spacial score (nSPS) is 35.3. The number of rotatable bonds is 10. The quantitative estimate of drug-likeness (QED) is 0.212. The number of carbonyl (C=O) groups is 1. The fourth-order valence-corrected chi connectivity index (χ4v) is 12.1. The van der Waals surface area contributed by atoms with Crippen LogP contribution in [0, 0.1) is 40.3 Å². The lowest BCUT2D eigenvalue weighted by molar-refractivity contribution is -0.143. The predicted molar refractivity (Wildman–Crippen MR) is 202 cm³/mol. The Morgan fingerprint density at radius 2 is 1.76 bits per heavy atom. The summed E-state index contributed by atoms with van der Waals surface area (Å²) in [6.07, 6.45) is 12.5. The van der Waals surface area contributed by atoms with E-state index in [-0.39, 0.29) is 35.8 Å². The molecule has 0 bridgehead atoms. The van der Waals surface area contributed by atoms with E-state index in [9.17, 15) is 14.3 Å². The molecule has 0 amide bonds. The van der Waals surface area contributed by atoms with Crippen molar-refractivity contribution in [3.63, 3.8) is 0 Å². The van der Waals surface area contributed by atoms with Gasteiger partial charge < -0.3 is 24.6 Å². The van der Waals surface area contributed by atoms with E-state index in [2.05, 4.69) is 29.2 Å². The molecule has 4 fully saturated rings. The summed E-state index contributed by atoms with van der Waals surface area (Å²) in [4.78, 5) is 22.0. The molecule has 288 valence electrons. The minimum absolute atomic E-state index is 0.0258. The van der Waals surface area contributed by atoms with Crippen LogP contribution in [0.15, 0.2) is 47.7 Å². The van der Waals surface area contributed by atoms with Gasteiger partial charge in [-0.2, -0.15) is 5.10 Å². The molecule has 1 unspecified atom stereocenters. The number of carbonyl (C=O) groups excluding carboxylic acids is 1. The van der Waals surface area contributed by atoms with Crippen LogP contribution < -0.4 is 10.1 Å². The molecule has 9 rings (SSSR count). The Hall–Kier alpha value is -3.67. The van der Waals surface area contributed by atoms with Crippen LogP contribution in [-0.2, 0) is 16.5 Å². The molecule has 4 aliphatic carbocycles. The SMILES string of the molecule is Cn1ncnc1[C@H]1C2=NCC(=O)c3cc(F)cc(c32)N[C@@H]1c1ccc(OCCOCCO[C@H]2CC[C@H]3[C@@H]4CC[C@H]5CC(O)CC[C@]5(C)[C@H]4CC[C@]23C)cc1. The maximum atomic E-state index is 14.7. The number of hydrogen-bond acceptors (Lipinski definition) is 9. The average molecular weight is 740 g/mol. The molecule has 2 N–H and O–H groups in total. The lowest BCUT2D eigenvalue weighted by Gasteiger charge is -2.60. The maximum Gasteiger partial charge on any atom is 0.185 e. The van der Waals surface area contributed by atoms with E-state index in [1.54, 1.807) is 4.68 Å². The van der Waals surface area contributed by atoms with Gasteiger partial charge in [-0.05, 0) is 122 Å². The van der Waals surface area contributed by atoms with Crippen LogP contribution in [0.3, 0.4) is 0 Å². The van der Waals surface area contributed by atoms with Gasteiger partial charge in [0.05, 0.1) is 49.7 Å². The molecule has 10 atom stereocenters. The fourth-order valence-electron chi connectivity index (χ4n) is 12.1. The molecule has 4 saturated carbocycles. The summed E-state index contributed by atoms with van der Waals surface area (Å²) >= 11 is 0. The molecule has 6 aliphatic rings. The Labute approximate surface area is 317 Å². The van der Waals surface area contributed by atoms with Crippen LogP contribution >= 0.6 is 0 Å². The molecule has 3 heterocycles. The van der Waals surface area contributed by atoms with Gasteiger partial charge in [0.1, 0.15) is 36.9 Å². The van der Waals surface area contributed by atoms with Crippen molar-refractivity contribution in [1.82, 2.24) is 14.8 Å². The zero-order valence-electron chi connectivity index (χ0n) is 31.8. The maximum absolute atomic E-state index is 14.7. The summed E-state index contributed by atoms with van der Waals surface area (Å²) in [5.41, 5.74) is 3.87. The first-order chi connectivity index (χ1) is 26.1. The van der Waals surface area contributed by atoms with E-state index in [1.807, 2.05) is 31.3 Å². The van der Waals surface area contributed by atoms with E-state index < -0.39 is 5.82 Å². The number of aryl methyl sites for hydroxylation is 1. The van der Waals surface area contributed by atoms with Crippen LogP contribution in [0.1, 0.15) is 111 Å². The van der Waals surface area contributed by atoms with E-state index in [0.717, 1.165) is 48.3 Å². The van der Waals surface area contributed by atoms with Crippen molar-refractivity contribution in [1.29, 1.82) is 0 Å². The Morgan fingerprint density at radius 1 is 0.963 bits per heavy atom. The molecule has 54 heavy (non-hydrogen) atoms. The van der Waals surface area contributed by atoms with Crippen molar-refractivity contribution in [2.45, 2.75) is 95.8 Å². The largest absolute Gasteiger partial charge is 0.491 e. The number of aliphatic hydroxyl groups is 1. The lowest BCUT2D eigenvalue weighted by Crippen LogP contribution is -2.54. The first kappa shape index (κ1) is 36.0. The van der Waals surface area contributed by atoms with Crippen molar-refractivity contribution in [2.75, 3.05) is 38.3 Å². The van der Waals surface area contributed by atoms with E-state index >= 15 is 0 Å². The second-order valence-electron chi connectivity index (χ2n) is 17.4. The number of aromatic nitrogens is 3. The number of aliphatic imine (C=N–C) groups is 1. The van der Waals surface area contributed by atoms with Gasteiger partial charge in [-0.25, -0.2) is 9.37 Å². The van der Waals surface area contributed by atoms with Gasteiger partial charge in [-0.1, -0.05) is 26.0 Å². The second-order valence-corrected chi connectivity index (χ2v) is 17.4. The zero-order valence-corrected chi connectivity index (χ0v) is 31.8. The van der Waals surface area contributed by atoms with Gasteiger partial charge in [0.25, 0.3) is 0 Å². The molecule has 2 aromatic carbocycles. The highest BCUT2D eigenvalue weighted by Crippen LogP contribution is 2.66. The fraction of sp³-hybridized carbons (Fsp3) is 0.628. The Balaban J connectivity index is 0.770. The predicted octanol–water partition coefficient (Wildman–Crippen LogP) is 7.07. The van der Waals surface area contributed by atoms with E-state index in [1.165, 1.54) is 57.0 Å². The second kappa shape index (κ2) is 14.1. The van der Waals surface area contributed by atoms with Crippen molar-refractivity contribution < 1.29 is 28.5 Å². The van der Waals surface area contributed by atoms with Gasteiger partial charge in [0, 0.05) is 23.9 Å². The minimum Gasteiger partial charge on any atom is -0.491 e. The topological polar surface area (TPSA) is 120 Å². The molecule has 11 heteroatoms. The Bertz CT molecular complexity index is 1920. The highest BCUT2D eigenvalue weighted by Gasteiger charge is 2.60. The summed E-state index contributed by atoms with van der Waals surface area (Å²) in [6.45, 7) is 7.07. The first-order valence-corrected chi connectivity index (χ1v) is 20.3. The van der Waals surface area contributed by atoms with E-state index in [0.29, 0.717) is 72.2 Å². The van der Waals surface area contributed by atoms with Crippen LogP contribution in [-0.4, -0.2) is 76.5 Å². The molecular formula is C43H54FN5O5. The highest BCUT2D eigenvalue weighted by atomic mass is 19.1. The van der Waals surface area contributed by atoms with Gasteiger partial charge in [-0.3, -0.25) is 14.5 Å². The number of ether oxygens (including phenoxy) is 3. The number of benzene rings is 2. The van der Waals surface area contributed by atoms with Crippen molar-refractivity contribution in [2.24, 2.45) is 46.5 Å². The van der Waals surface area contributed by atoms with Crippen LogP contribution in [0.4, 0.5) is 10.1 Å². The van der Waals surface area contributed by atoms with Crippen molar-refractivity contribution in [3.8, 4) is 5.75 Å². The number of nitrogens with zero attached hydrogens (tertiary/aromatic N) is 4. The van der Waals surface area contributed by atoms with Crippen LogP contribution in [0.5, 0.6) is 5.75 Å². The third kappa shape index (κ3) is 6.09. The number of aliphatic hydroxyl groups excluding tert-OH is 1. The first-order valence-electron chi connectivity index (χ1n) is 20.3. The monoisotopic (exact) mass is 739 g/mol. The van der Waals surface area contributed by atoms with Crippen LogP contribution in [0.2, 0.25) is 0 Å². The lowest BCUT2D eigenvalue weighted by atomic mass is 9.45. The Kier molecular flexibility index (Phi) is 9.41. The third-order valence-electron chi connectivity index (χ3n) is 14.8. The molecule has 3 aromatic rings. The highest BCUT2D eigenvalue weighted by molar-refractivity contribution is 6.21. The molecule has 0 spiro atoms. The number of nitrogens with one attached hydrogen (secondary N) is 1. The van der Waals surface area contributed by atoms with Gasteiger partial charge >= 0.3 is 0 Å². The van der Waals surface area contributed by atoms with Gasteiger partial charge in [-0.15, -0.1) is 0 Å². The number of hydrogen-bond donors (Lipinski definition) is 2. The smallest absolute Gasteiger partial charge is 0.185 e. The summed E-state index contributed by atoms with van der Waals surface area (Å²) in [5.74, 6) is 3.48. The van der Waals surface area contributed by atoms with Crippen molar-refractivity contribution >= 4 is 17.2 Å². The summed E-state index contributed by atoms with van der Waals surface area (Å²) < 4.78 is 35.0. The number of anilines is 1. The van der Waals surface area contributed by atoms with E-state index in [4.69, 9.17) is 19.2 Å². The van der Waals surface area contributed by atoms with Gasteiger partial charge in [0.2, 0.25) is 0 Å². The summed E-state index contributed by atoms with van der Waals surface area (Å²) in [7, 11) is 1.84. The number of fused-ring (bicyclic) bond motifs is 5. The number of halogens is 1. The zero-order chi connectivity index (χ0) is 37.2. The molecule has 10 nitrogen and oxygen atoms in total. The van der Waals surface area contributed by atoms with Crippen LogP contribution in [0.25, 0.3) is 0 Å². The standard InChI is InChI=1S/C43H54FN5O5/c1-42-14-12-28(50)20-26(42)6-9-30-32-10-11-36(43(32,2)15-13-33(30)42)54-19-17-52-16-18-53-29-7-4-25(5-8-29)39-38(41-46-24-47-49(41)3)40-37-31(35(51)23-45-40)21-27(44)22-34(37)48-39/h4-5,7-8,21-22,24,26,28,30,32-33,36,38-39,48,50H,6,9-20,23H2,1-3H3/t26-,28?,30-,32-,33-,36-,38+,39+,42-,43-/m0/s1. The minimum atomic E-state index is -0.461. The third-order valence-corrected chi connectivity index (χ3v) is 14.8. The van der Waals surface area contributed by atoms with Crippen molar-refractivity contribution in [3.05, 3.63) is 71.1 Å². The van der Waals surface area contributed by atoms with Gasteiger partial charge in [0.15, 0.2) is 5.78 Å². The molecule has 0 radical (unpaired) electrons. The molecule has 0 saturated heterocycles. The average Bonchev–Trinajstić information content (AvgIpc) is 3.74. The molecule has 2 aliphatic heterocycles. The number of ketones is 1. The molecular weight excluding hydrogens is 686 g/mol. The molecule has 1 aromatic heterocycles. The Morgan fingerprint density at radius 3 is 2.57 bits per heavy atom.